The molecule has 0 spiro atoms. The maximum Gasteiger partial charge on any atom is 0.478 e. The number of phosphoric acid groups is 2. The van der Waals surface area contributed by atoms with Gasteiger partial charge in [0.1, 0.15) is 0 Å². The summed E-state index contributed by atoms with van der Waals surface area (Å²) in [6.07, 6.45) is 0. The van der Waals surface area contributed by atoms with E-state index in [0.717, 1.165) is 0 Å². The Morgan fingerprint density at radius 1 is 0.786 bits per heavy atom. The molecule has 0 radical (unpaired) electrons. The second-order valence-corrected chi connectivity index (χ2v) is 6.69. The van der Waals surface area contributed by atoms with Crippen molar-refractivity contribution in [3.63, 3.8) is 0 Å². The quantitative estimate of drug-likeness (QED) is 0.290. The molecule has 0 amide bonds. The molecule has 0 aromatic rings. The van der Waals surface area contributed by atoms with Gasteiger partial charge >= 0.3 is 22.4 Å². The lowest BCUT2D eigenvalue weighted by atomic mass is 15.7. The molecular weight excluding hydrogens is 285 g/mol. The standard InChI is InChI=1S/H4O7P2.H3O3PS/c1-8(2,3)7-9(4,5)6;1-4(2,3)5/h(H2,1,2,3)(H2,4,5,6);(H3,1,2,3,5). The fourth-order valence-electron chi connectivity index (χ4n) is 0.139. The van der Waals surface area contributed by atoms with E-state index < -0.39 is 22.4 Å². The lowest BCUT2D eigenvalue weighted by molar-refractivity contribution is 0.225. The van der Waals surface area contributed by atoms with E-state index in [0.29, 0.717) is 0 Å². The summed E-state index contributed by atoms with van der Waals surface area (Å²) in [6, 6.07) is 0. The first kappa shape index (κ1) is 17.2. The van der Waals surface area contributed by atoms with Gasteiger partial charge in [0, 0.05) is 0 Å². The highest BCUT2D eigenvalue weighted by atomic mass is 32.5. The van der Waals surface area contributed by atoms with Crippen LogP contribution < -0.4 is 0 Å². The van der Waals surface area contributed by atoms with Gasteiger partial charge in [-0.3, -0.25) is 0 Å². The topological polar surface area (TPSA) is 185 Å². The average Bonchev–Trinajstić information content (AvgIpc) is 1.42. The van der Waals surface area contributed by atoms with E-state index >= 15 is 0 Å². The van der Waals surface area contributed by atoms with Crippen molar-refractivity contribution < 1.29 is 47.7 Å². The third-order valence-corrected chi connectivity index (χ3v) is 1.91. The second-order valence-electron chi connectivity index (χ2n) is 1.58. The normalized spacial score (nSPS) is 13.1. The van der Waals surface area contributed by atoms with E-state index in [9.17, 15) is 9.13 Å². The highest BCUT2D eigenvalue weighted by Gasteiger charge is 2.27. The van der Waals surface area contributed by atoms with Crippen molar-refractivity contribution in [2.45, 2.75) is 0 Å². The molecule has 0 saturated heterocycles. The van der Waals surface area contributed by atoms with Crippen molar-refractivity contribution in [1.29, 1.82) is 0 Å². The van der Waals surface area contributed by atoms with Gasteiger partial charge < -0.3 is 34.3 Å². The number of hydrogen-bond acceptors (Lipinski definition) is 4. The van der Waals surface area contributed by atoms with Crippen LogP contribution in [0, 0.1) is 0 Å². The Kier molecular flexibility index (Phi) is 7.07. The van der Waals surface area contributed by atoms with Gasteiger partial charge in [-0.25, -0.2) is 9.13 Å². The second kappa shape index (κ2) is 5.76. The zero-order chi connectivity index (χ0) is 12.2. The lowest BCUT2D eigenvalue weighted by Gasteiger charge is -2.03. The van der Waals surface area contributed by atoms with Crippen molar-refractivity contribution in [3.05, 3.63) is 0 Å². The molecule has 14 heteroatoms. The van der Waals surface area contributed by atoms with Crippen LogP contribution in [0.25, 0.3) is 0 Å². The summed E-state index contributed by atoms with van der Waals surface area (Å²) in [5.41, 5.74) is 0. The zero-order valence-electron chi connectivity index (χ0n) is 6.11. The molecule has 0 rings (SSSR count). The molecule has 0 aromatic heterocycles. The third-order valence-electron chi connectivity index (χ3n) is 0.213. The predicted molar refractivity (Wildman–Crippen MR) is 46.1 cm³/mol. The highest BCUT2D eigenvalue weighted by molar-refractivity contribution is 8.06. The summed E-state index contributed by atoms with van der Waals surface area (Å²) in [4.78, 5) is 53.7. The van der Waals surface area contributed by atoms with Gasteiger partial charge in [-0.05, 0) is 11.8 Å². The van der Waals surface area contributed by atoms with Crippen LogP contribution >= 0.6 is 22.4 Å². The van der Waals surface area contributed by atoms with Crippen LogP contribution in [0.15, 0.2) is 0 Å². The molecule has 0 aromatic carbocycles. The maximum absolute atomic E-state index is 9.63. The molecule has 0 aliphatic carbocycles. The van der Waals surface area contributed by atoms with Crippen LogP contribution in [-0.2, 0) is 25.2 Å². The largest absolute Gasteiger partial charge is 0.478 e. The van der Waals surface area contributed by atoms with E-state index in [1.165, 1.54) is 0 Å². The third kappa shape index (κ3) is 38.6. The van der Waals surface area contributed by atoms with Crippen molar-refractivity contribution in [2.24, 2.45) is 0 Å². The highest BCUT2D eigenvalue weighted by Crippen LogP contribution is 2.53. The van der Waals surface area contributed by atoms with Gasteiger partial charge in [0.2, 0.25) is 0 Å². The molecule has 0 aliphatic heterocycles. The fraction of sp³-hybridized carbons (Fsp3) is 0. The van der Waals surface area contributed by atoms with Crippen molar-refractivity contribution in [1.82, 2.24) is 0 Å². The van der Waals surface area contributed by atoms with Gasteiger partial charge in [0.15, 0.2) is 0 Å². The molecule has 10 nitrogen and oxygen atoms in total. The molecule has 0 fully saturated rings. The van der Waals surface area contributed by atoms with Gasteiger partial charge in [-0.15, -0.1) is 0 Å². The maximum atomic E-state index is 9.63. The van der Waals surface area contributed by atoms with E-state index in [2.05, 4.69) is 16.1 Å². The summed E-state index contributed by atoms with van der Waals surface area (Å²) >= 11 is 3.60. The zero-order valence-corrected chi connectivity index (χ0v) is 9.60. The van der Waals surface area contributed by atoms with Crippen LogP contribution in [0.4, 0.5) is 0 Å². The fourth-order valence-corrected chi connectivity index (χ4v) is 1.25. The SMILES string of the molecule is O=P(O)(O)OP(=O)(O)O.OP(O)(O)=S. The van der Waals surface area contributed by atoms with E-state index in [-0.39, 0.29) is 0 Å². The van der Waals surface area contributed by atoms with Gasteiger partial charge in [0.25, 0.3) is 0 Å². The first-order valence-electron chi connectivity index (χ1n) is 2.31. The van der Waals surface area contributed by atoms with Crippen LogP contribution in [0.5, 0.6) is 0 Å². The molecule has 0 aliphatic rings. The van der Waals surface area contributed by atoms with E-state index in [4.69, 9.17) is 34.3 Å². The minimum Gasteiger partial charge on any atom is -0.325 e. The van der Waals surface area contributed by atoms with Crippen LogP contribution in [0.1, 0.15) is 0 Å². The molecule has 88 valence electrons. The average molecular weight is 292 g/mol. The predicted octanol–water partition coefficient (Wildman–Crippen LogP) is -1.62. The van der Waals surface area contributed by atoms with Gasteiger partial charge in [-0.2, -0.15) is 4.31 Å². The number of rotatable bonds is 2. The minimum atomic E-state index is -5.05. The molecule has 14 heavy (non-hydrogen) atoms. The Bertz CT molecular complexity index is 258. The molecule has 0 atom stereocenters. The lowest BCUT2D eigenvalue weighted by Crippen LogP contribution is -1.84. The van der Waals surface area contributed by atoms with Gasteiger partial charge in [-0.1, -0.05) is 0 Å². The molecule has 0 unspecified atom stereocenters. The molecule has 7 N–H and O–H groups in total. The first-order chi connectivity index (χ1) is 5.71. The molecule has 0 heterocycles. The van der Waals surface area contributed by atoms with Crippen LogP contribution in [0.3, 0.4) is 0 Å². The van der Waals surface area contributed by atoms with Crippen LogP contribution in [-0.4, -0.2) is 34.3 Å². The number of hydrogen-bond donors (Lipinski definition) is 7. The summed E-state index contributed by atoms with van der Waals surface area (Å²) in [6.45, 7) is -3.81. The Morgan fingerprint density at radius 3 is 0.929 bits per heavy atom. The molecule has 0 bridgehead atoms. The summed E-state index contributed by atoms with van der Waals surface area (Å²) in [5.74, 6) is 0. The Hall–Kier alpha value is 0.790. The summed E-state index contributed by atoms with van der Waals surface area (Å²) in [7, 11) is -10.1. The smallest absolute Gasteiger partial charge is 0.325 e. The Morgan fingerprint density at radius 2 is 0.929 bits per heavy atom. The molecule has 0 saturated carbocycles. The van der Waals surface area contributed by atoms with Crippen LogP contribution in [0.2, 0.25) is 0 Å². The minimum absolute atomic E-state index is 2.96. The summed E-state index contributed by atoms with van der Waals surface area (Å²) in [5, 5.41) is 0. The summed E-state index contributed by atoms with van der Waals surface area (Å²) < 4.78 is 22.2. The first-order valence-corrected chi connectivity index (χ1v) is 8.03. The van der Waals surface area contributed by atoms with Gasteiger partial charge in [0.05, 0.1) is 0 Å². The Balaban J connectivity index is 0. The Labute approximate surface area is 82.5 Å². The van der Waals surface area contributed by atoms with E-state index in [1.54, 1.807) is 0 Å². The van der Waals surface area contributed by atoms with Crippen molar-refractivity contribution in [2.75, 3.05) is 0 Å². The van der Waals surface area contributed by atoms with E-state index in [1.807, 2.05) is 0 Å². The molecular formula is H7O10P3S. The van der Waals surface area contributed by atoms with Crippen molar-refractivity contribution >= 4 is 34.2 Å². The monoisotopic (exact) mass is 292 g/mol. The van der Waals surface area contributed by atoms with Crippen molar-refractivity contribution in [3.8, 4) is 0 Å².